The summed E-state index contributed by atoms with van der Waals surface area (Å²) in [6.07, 6.45) is 0. The van der Waals surface area contributed by atoms with Gasteiger partial charge in [0.25, 0.3) is 0 Å². The second kappa shape index (κ2) is 4.60. The van der Waals surface area contributed by atoms with E-state index >= 15 is 0 Å². The summed E-state index contributed by atoms with van der Waals surface area (Å²) in [6.45, 7) is 4.12. The van der Waals surface area contributed by atoms with E-state index in [9.17, 15) is 0 Å². The van der Waals surface area contributed by atoms with Crippen molar-refractivity contribution in [3.8, 4) is 0 Å². The predicted molar refractivity (Wildman–Crippen MR) is 78.3 cm³/mol. The van der Waals surface area contributed by atoms with E-state index in [-0.39, 0.29) is 0 Å². The summed E-state index contributed by atoms with van der Waals surface area (Å²) in [5.41, 5.74) is 2.90. The molecule has 19 heavy (non-hydrogen) atoms. The van der Waals surface area contributed by atoms with Crippen LogP contribution in [0.5, 0.6) is 0 Å². The van der Waals surface area contributed by atoms with E-state index in [1.807, 2.05) is 0 Å². The zero-order chi connectivity index (χ0) is 12.7. The summed E-state index contributed by atoms with van der Waals surface area (Å²) >= 11 is 0. The van der Waals surface area contributed by atoms with Crippen LogP contribution >= 0.6 is 0 Å². The van der Waals surface area contributed by atoms with Gasteiger partial charge in [-0.3, -0.25) is 0 Å². The van der Waals surface area contributed by atoms with Crippen LogP contribution in [0.3, 0.4) is 0 Å². The van der Waals surface area contributed by atoms with Crippen LogP contribution in [0.15, 0.2) is 36.4 Å². The molecule has 1 heterocycles. The van der Waals surface area contributed by atoms with Crippen molar-refractivity contribution in [3.63, 3.8) is 0 Å². The first-order valence-electron chi connectivity index (χ1n) is 7.14. The molecule has 2 atom stereocenters. The fourth-order valence-corrected chi connectivity index (χ4v) is 3.49. The smallest absolute Gasteiger partial charge is 0.0525 e. The summed E-state index contributed by atoms with van der Waals surface area (Å²) < 4.78 is 0. The van der Waals surface area contributed by atoms with Gasteiger partial charge in [0, 0.05) is 26.2 Å². The molecule has 0 unspecified atom stereocenters. The normalized spacial score (nSPS) is 26.5. The van der Waals surface area contributed by atoms with Crippen LogP contribution in [0, 0.1) is 0 Å². The SMILES string of the molecule is c1cc2c3c(cccc3c1)[C@H]1NCCNCCN[C@H]21. The lowest BCUT2D eigenvalue weighted by Gasteiger charge is -2.23. The molecular weight excluding hydrogens is 234 g/mol. The average molecular weight is 253 g/mol. The Kier molecular flexibility index (Phi) is 2.76. The summed E-state index contributed by atoms with van der Waals surface area (Å²) in [6, 6.07) is 14.1. The van der Waals surface area contributed by atoms with E-state index in [0.717, 1.165) is 26.2 Å². The van der Waals surface area contributed by atoms with Crippen molar-refractivity contribution in [3.05, 3.63) is 47.5 Å². The first-order valence-corrected chi connectivity index (χ1v) is 7.14. The summed E-state index contributed by atoms with van der Waals surface area (Å²) in [5, 5.41) is 13.7. The molecule has 0 amide bonds. The Morgan fingerprint density at radius 2 is 1.32 bits per heavy atom. The van der Waals surface area contributed by atoms with Crippen molar-refractivity contribution in [1.29, 1.82) is 0 Å². The van der Waals surface area contributed by atoms with Crippen molar-refractivity contribution in [2.45, 2.75) is 12.1 Å². The molecule has 0 aromatic heterocycles. The van der Waals surface area contributed by atoms with Crippen LogP contribution in [-0.4, -0.2) is 26.2 Å². The third-order valence-corrected chi connectivity index (χ3v) is 4.30. The second-order valence-electron chi connectivity index (χ2n) is 5.41. The Hall–Kier alpha value is -1.42. The molecule has 2 aliphatic rings. The molecule has 2 aromatic rings. The van der Waals surface area contributed by atoms with E-state index in [1.54, 1.807) is 0 Å². The summed E-state index contributed by atoms with van der Waals surface area (Å²) in [5.74, 6) is 0. The highest BCUT2D eigenvalue weighted by atomic mass is 15.1. The lowest BCUT2D eigenvalue weighted by atomic mass is 10.0. The van der Waals surface area contributed by atoms with Gasteiger partial charge in [0.15, 0.2) is 0 Å². The van der Waals surface area contributed by atoms with Gasteiger partial charge >= 0.3 is 0 Å². The first-order chi connectivity index (χ1) is 9.45. The summed E-state index contributed by atoms with van der Waals surface area (Å²) in [4.78, 5) is 0. The molecule has 2 aromatic carbocycles. The number of hydrogen-bond acceptors (Lipinski definition) is 3. The highest BCUT2D eigenvalue weighted by Crippen LogP contribution is 2.43. The quantitative estimate of drug-likeness (QED) is 0.669. The third-order valence-electron chi connectivity index (χ3n) is 4.30. The molecule has 1 aliphatic heterocycles. The molecule has 3 nitrogen and oxygen atoms in total. The fraction of sp³-hybridized carbons (Fsp3) is 0.375. The van der Waals surface area contributed by atoms with Gasteiger partial charge in [-0.1, -0.05) is 36.4 Å². The Morgan fingerprint density at radius 3 is 1.89 bits per heavy atom. The van der Waals surface area contributed by atoms with Crippen LogP contribution < -0.4 is 16.0 Å². The standard InChI is InChI=1S/C16H19N3/c1-3-11-4-2-6-13-14(11)12(5-1)15-16(13)19-10-8-17-7-9-18-15/h1-6,15-19H,7-10H2/t15-,16-/m1/s1. The monoisotopic (exact) mass is 253 g/mol. The largest absolute Gasteiger partial charge is 0.314 e. The zero-order valence-corrected chi connectivity index (χ0v) is 10.9. The molecule has 1 saturated heterocycles. The number of nitrogens with one attached hydrogen (secondary N) is 3. The molecule has 0 saturated carbocycles. The maximum Gasteiger partial charge on any atom is 0.0525 e. The lowest BCUT2D eigenvalue weighted by molar-refractivity contribution is 0.419. The number of rotatable bonds is 0. The Morgan fingerprint density at radius 1 is 0.737 bits per heavy atom. The minimum Gasteiger partial charge on any atom is -0.314 e. The van der Waals surface area contributed by atoms with Gasteiger partial charge in [-0.15, -0.1) is 0 Å². The molecule has 4 rings (SSSR count). The highest BCUT2D eigenvalue weighted by Gasteiger charge is 2.33. The van der Waals surface area contributed by atoms with E-state index in [0.29, 0.717) is 12.1 Å². The van der Waals surface area contributed by atoms with Crippen molar-refractivity contribution >= 4 is 10.8 Å². The molecule has 98 valence electrons. The van der Waals surface area contributed by atoms with Crippen LogP contribution in [0.2, 0.25) is 0 Å². The molecule has 0 spiro atoms. The van der Waals surface area contributed by atoms with Crippen molar-refractivity contribution in [2.75, 3.05) is 26.2 Å². The number of hydrogen-bond donors (Lipinski definition) is 3. The van der Waals surface area contributed by atoms with Gasteiger partial charge in [-0.25, -0.2) is 0 Å². The Labute approximate surface area is 113 Å². The van der Waals surface area contributed by atoms with E-state index in [2.05, 4.69) is 52.3 Å². The van der Waals surface area contributed by atoms with Crippen LogP contribution in [-0.2, 0) is 0 Å². The molecule has 3 heteroatoms. The highest BCUT2D eigenvalue weighted by molar-refractivity contribution is 5.92. The third kappa shape index (κ3) is 1.77. The Balaban J connectivity index is 1.86. The minimum atomic E-state index is 0.404. The van der Waals surface area contributed by atoms with Crippen LogP contribution in [0.4, 0.5) is 0 Å². The van der Waals surface area contributed by atoms with Gasteiger partial charge in [0.05, 0.1) is 12.1 Å². The minimum absolute atomic E-state index is 0.404. The lowest BCUT2D eigenvalue weighted by Crippen LogP contribution is -2.33. The van der Waals surface area contributed by atoms with Gasteiger partial charge < -0.3 is 16.0 Å². The molecule has 1 fully saturated rings. The van der Waals surface area contributed by atoms with Gasteiger partial charge in [0.2, 0.25) is 0 Å². The summed E-state index contributed by atoms with van der Waals surface area (Å²) in [7, 11) is 0. The number of fused-ring (bicyclic) bond motifs is 3. The molecule has 1 aliphatic carbocycles. The molecule has 3 N–H and O–H groups in total. The average Bonchev–Trinajstić information content (AvgIpc) is 2.80. The van der Waals surface area contributed by atoms with E-state index in [1.165, 1.54) is 21.9 Å². The topological polar surface area (TPSA) is 36.1 Å². The molecule has 0 radical (unpaired) electrons. The van der Waals surface area contributed by atoms with Crippen LogP contribution in [0.25, 0.3) is 10.8 Å². The van der Waals surface area contributed by atoms with E-state index in [4.69, 9.17) is 0 Å². The number of benzene rings is 2. The van der Waals surface area contributed by atoms with Gasteiger partial charge in [0.1, 0.15) is 0 Å². The second-order valence-corrected chi connectivity index (χ2v) is 5.41. The van der Waals surface area contributed by atoms with Crippen molar-refractivity contribution in [1.82, 2.24) is 16.0 Å². The predicted octanol–water partition coefficient (Wildman–Crippen LogP) is 1.72. The Bertz CT molecular complexity index is 559. The van der Waals surface area contributed by atoms with Crippen molar-refractivity contribution in [2.24, 2.45) is 0 Å². The first kappa shape index (κ1) is 11.4. The zero-order valence-electron chi connectivity index (χ0n) is 10.9. The maximum absolute atomic E-state index is 3.71. The van der Waals surface area contributed by atoms with Crippen LogP contribution in [0.1, 0.15) is 23.2 Å². The van der Waals surface area contributed by atoms with Gasteiger partial charge in [-0.2, -0.15) is 0 Å². The maximum atomic E-state index is 3.71. The van der Waals surface area contributed by atoms with Gasteiger partial charge in [-0.05, 0) is 21.9 Å². The van der Waals surface area contributed by atoms with Crippen molar-refractivity contribution < 1.29 is 0 Å². The molecule has 0 bridgehead atoms. The molecular formula is C16H19N3. The van der Waals surface area contributed by atoms with E-state index < -0.39 is 0 Å². The fourth-order valence-electron chi connectivity index (χ4n) is 3.49.